The maximum absolute atomic E-state index is 13.4. The minimum atomic E-state index is -0.361. The molecule has 2 rings (SSSR count). The van der Waals surface area contributed by atoms with E-state index in [1.165, 1.54) is 6.07 Å². The van der Waals surface area contributed by atoms with Gasteiger partial charge in [-0.3, -0.25) is 4.79 Å². The molecule has 5 heteroatoms. The van der Waals surface area contributed by atoms with Crippen LogP contribution in [0.5, 0.6) is 5.75 Å². The number of carbonyl (C=O) groups excluding carboxylic acids is 1. The van der Waals surface area contributed by atoms with Crippen molar-refractivity contribution in [2.75, 3.05) is 17.7 Å². The molecule has 0 aliphatic carbocycles. The van der Waals surface area contributed by atoms with Crippen LogP contribution in [0.2, 0.25) is 0 Å². The molecule has 0 saturated heterocycles. The van der Waals surface area contributed by atoms with Crippen molar-refractivity contribution in [2.45, 2.75) is 13.8 Å². The molecule has 2 aromatic rings. The summed E-state index contributed by atoms with van der Waals surface area (Å²) in [6.45, 7) is 3.28. The number of halogens is 1. The van der Waals surface area contributed by atoms with Gasteiger partial charge in [0.25, 0.3) is 5.91 Å². The molecule has 0 unspecified atom stereocenters. The normalized spacial score (nSPS) is 10.2. The first-order valence-corrected chi connectivity index (χ1v) is 6.51. The molecule has 0 radical (unpaired) electrons. The van der Waals surface area contributed by atoms with Gasteiger partial charge in [-0.25, -0.2) is 4.39 Å². The Bertz CT molecular complexity index is 671. The van der Waals surface area contributed by atoms with Gasteiger partial charge in [0.1, 0.15) is 11.6 Å². The van der Waals surface area contributed by atoms with E-state index in [0.29, 0.717) is 22.7 Å². The molecule has 0 spiro atoms. The largest absolute Gasteiger partial charge is 0.484 e. The third kappa shape index (κ3) is 3.72. The summed E-state index contributed by atoms with van der Waals surface area (Å²) in [5.74, 6) is -0.373. The summed E-state index contributed by atoms with van der Waals surface area (Å²) < 4.78 is 18.6. The molecule has 0 atom stereocenters. The third-order valence-corrected chi connectivity index (χ3v) is 3.16. The van der Waals surface area contributed by atoms with Crippen molar-refractivity contribution in [1.29, 1.82) is 0 Å². The lowest BCUT2D eigenvalue weighted by Gasteiger charge is -2.11. The molecular weight excluding hydrogens is 271 g/mol. The Balaban J connectivity index is 1.96. The molecule has 21 heavy (non-hydrogen) atoms. The van der Waals surface area contributed by atoms with Crippen LogP contribution in [0.1, 0.15) is 11.1 Å². The van der Waals surface area contributed by atoms with E-state index in [-0.39, 0.29) is 18.3 Å². The van der Waals surface area contributed by atoms with Crippen molar-refractivity contribution in [3.8, 4) is 5.75 Å². The van der Waals surface area contributed by atoms with E-state index in [1.807, 2.05) is 6.92 Å². The van der Waals surface area contributed by atoms with E-state index in [1.54, 1.807) is 37.3 Å². The number of anilines is 2. The zero-order chi connectivity index (χ0) is 15.4. The molecule has 3 N–H and O–H groups in total. The molecule has 0 heterocycles. The van der Waals surface area contributed by atoms with Crippen molar-refractivity contribution in [3.63, 3.8) is 0 Å². The van der Waals surface area contributed by atoms with E-state index in [9.17, 15) is 9.18 Å². The van der Waals surface area contributed by atoms with Crippen LogP contribution >= 0.6 is 0 Å². The van der Waals surface area contributed by atoms with Crippen molar-refractivity contribution >= 4 is 17.3 Å². The number of benzene rings is 2. The summed E-state index contributed by atoms with van der Waals surface area (Å²) in [6, 6.07) is 9.76. The Morgan fingerprint density at radius 2 is 2.05 bits per heavy atom. The highest BCUT2D eigenvalue weighted by Crippen LogP contribution is 2.20. The fourth-order valence-corrected chi connectivity index (χ4v) is 1.79. The van der Waals surface area contributed by atoms with Crippen molar-refractivity contribution in [2.24, 2.45) is 0 Å². The molecule has 0 saturated carbocycles. The first-order chi connectivity index (χ1) is 9.97. The third-order valence-electron chi connectivity index (χ3n) is 3.16. The second-order valence-electron chi connectivity index (χ2n) is 4.77. The molecule has 0 fully saturated rings. The Hall–Kier alpha value is -2.56. The van der Waals surface area contributed by atoms with Crippen LogP contribution in [0.4, 0.5) is 15.8 Å². The minimum Gasteiger partial charge on any atom is -0.484 e. The minimum absolute atomic E-state index is 0.198. The SMILES string of the molecule is Cc1ccc(OCC(=O)Nc2cccc(N)c2C)cc1F. The number of rotatable bonds is 4. The molecule has 2 aromatic carbocycles. The van der Waals surface area contributed by atoms with Gasteiger partial charge < -0.3 is 15.8 Å². The summed E-state index contributed by atoms with van der Waals surface area (Å²) in [4.78, 5) is 11.8. The number of carbonyl (C=O) groups is 1. The summed E-state index contributed by atoms with van der Waals surface area (Å²) in [7, 11) is 0. The first-order valence-electron chi connectivity index (χ1n) is 6.51. The number of amides is 1. The fourth-order valence-electron chi connectivity index (χ4n) is 1.79. The van der Waals surface area contributed by atoms with E-state index in [0.717, 1.165) is 5.56 Å². The molecule has 0 aliphatic rings. The van der Waals surface area contributed by atoms with Crippen LogP contribution in [0.15, 0.2) is 36.4 Å². The Morgan fingerprint density at radius 3 is 2.76 bits per heavy atom. The van der Waals surface area contributed by atoms with Gasteiger partial charge in [0, 0.05) is 17.4 Å². The van der Waals surface area contributed by atoms with Gasteiger partial charge in [0.05, 0.1) is 0 Å². The quantitative estimate of drug-likeness (QED) is 0.850. The average molecular weight is 288 g/mol. The maximum atomic E-state index is 13.4. The second kappa shape index (κ2) is 6.26. The van der Waals surface area contributed by atoms with Crippen LogP contribution in [-0.4, -0.2) is 12.5 Å². The van der Waals surface area contributed by atoms with Gasteiger partial charge in [-0.1, -0.05) is 12.1 Å². The summed E-state index contributed by atoms with van der Waals surface area (Å²) in [5.41, 5.74) is 8.34. The average Bonchev–Trinajstić information content (AvgIpc) is 2.45. The number of nitrogens with two attached hydrogens (primary N) is 1. The highest BCUT2D eigenvalue weighted by atomic mass is 19.1. The smallest absolute Gasteiger partial charge is 0.262 e. The number of hydrogen-bond acceptors (Lipinski definition) is 3. The molecule has 0 aromatic heterocycles. The fraction of sp³-hybridized carbons (Fsp3) is 0.188. The highest BCUT2D eigenvalue weighted by molar-refractivity contribution is 5.93. The van der Waals surface area contributed by atoms with E-state index in [4.69, 9.17) is 10.5 Å². The lowest BCUT2D eigenvalue weighted by Crippen LogP contribution is -2.20. The number of nitrogen functional groups attached to an aromatic ring is 1. The van der Waals surface area contributed by atoms with Crippen LogP contribution in [0, 0.1) is 19.7 Å². The molecule has 1 amide bonds. The standard InChI is InChI=1S/C16H17FN2O2/c1-10-6-7-12(8-13(10)17)21-9-16(20)19-15-5-3-4-14(18)11(15)2/h3-8H,9,18H2,1-2H3,(H,19,20). The lowest BCUT2D eigenvalue weighted by molar-refractivity contribution is -0.118. The van der Waals surface area contributed by atoms with Gasteiger partial charge in [-0.15, -0.1) is 0 Å². The van der Waals surface area contributed by atoms with Crippen molar-refractivity contribution < 1.29 is 13.9 Å². The maximum Gasteiger partial charge on any atom is 0.262 e. The van der Waals surface area contributed by atoms with Crippen LogP contribution in [0.3, 0.4) is 0 Å². The van der Waals surface area contributed by atoms with Gasteiger partial charge in [-0.2, -0.15) is 0 Å². The molecular formula is C16H17FN2O2. The summed E-state index contributed by atoms with van der Waals surface area (Å²) in [6.07, 6.45) is 0. The zero-order valence-electron chi connectivity index (χ0n) is 11.9. The highest BCUT2D eigenvalue weighted by Gasteiger charge is 2.08. The number of aryl methyl sites for hydroxylation is 1. The van der Waals surface area contributed by atoms with Gasteiger partial charge in [0.2, 0.25) is 0 Å². The molecule has 0 bridgehead atoms. The molecule has 0 aliphatic heterocycles. The van der Waals surface area contributed by atoms with Crippen LogP contribution < -0.4 is 15.8 Å². The molecule has 110 valence electrons. The van der Waals surface area contributed by atoms with Gasteiger partial charge >= 0.3 is 0 Å². The van der Waals surface area contributed by atoms with E-state index >= 15 is 0 Å². The van der Waals surface area contributed by atoms with Gasteiger partial charge in [0.15, 0.2) is 6.61 Å². The van der Waals surface area contributed by atoms with Crippen molar-refractivity contribution in [3.05, 3.63) is 53.3 Å². The zero-order valence-corrected chi connectivity index (χ0v) is 11.9. The lowest BCUT2D eigenvalue weighted by atomic mass is 10.1. The van der Waals surface area contributed by atoms with Crippen LogP contribution in [-0.2, 0) is 4.79 Å². The van der Waals surface area contributed by atoms with Crippen LogP contribution in [0.25, 0.3) is 0 Å². The Morgan fingerprint density at radius 1 is 1.29 bits per heavy atom. The first kappa shape index (κ1) is 14.8. The number of nitrogens with one attached hydrogen (secondary N) is 1. The topological polar surface area (TPSA) is 64.3 Å². The monoisotopic (exact) mass is 288 g/mol. The Kier molecular flexibility index (Phi) is 4.42. The van der Waals surface area contributed by atoms with Crippen molar-refractivity contribution in [1.82, 2.24) is 0 Å². The van der Waals surface area contributed by atoms with E-state index in [2.05, 4.69) is 5.32 Å². The predicted octanol–water partition coefficient (Wildman–Crippen LogP) is 3.04. The second-order valence-corrected chi connectivity index (χ2v) is 4.77. The number of ether oxygens (including phenoxy) is 1. The van der Waals surface area contributed by atoms with E-state index < -0.39 is 0 Å². The Labute approximate surface area is 122 Å². The summed E-state index contributed by atoms with van der Waals surface area (Å²) >= 11 is 0. The predicted molar refractivity (Wildman–Crippen MR) is 80.9 cm³/mol. The summed E-state index contributed by atoms with van der Waals surface area (Å²) in [5, 5.41) is 2.71. The molecule has 4 nitrogen and oxygen atoms in total. The van der Waals surface area contributed by atoms with Gasteiger partial charge in [-0.05, 0) is 43.2 Å². The number of hydrogen-bond donors (Lipinski definition) is 2.